The minimum atomic E-state index is -0.456. The second kappa shape index (κ2) is 6.86. The number of anilines is 2. The highest BCUT2D eigenvalue weighted by Gasteiger charge is 2.33. The van der Waals surface area contributed by atoms with Crippen molar-refractivity contribution in [2.75, 3.05) is 16.8 Å². The molecule has 1 saturated heterocycles. The van der Waals surface area contributed by atoms with Crippen molar-refractivity contribution in [1.82, 2.24) is 10.2 Å². The van der Waals surface area contributed by atoms with Gasteiger partial charge >= 0.3 is 0 Å². The van der Waals surface area contributed by atoms with Crippen LogP contribution in [0.25, 0.3) is 0 Å². The Morgan fingerprint density at radius 1 is 1.26 bits per heavy atom. The molecule has 0 spiro atoms. The zero-order valence-electron chi connectivity index (χ0n) is 14.8. The molecular formula is C19H21N5O3. The lowest BCUT2D eigenvalue weighted by atomic mass is 10.1. The minimum absolute atomic E-state index is 0.116. The molecule has 8 heteroatoms. The van der Waals surface area contributed by atoms with Gasteiger partial charge in [0, 0.05) is 36.3 Å². The van der Waals surface area contributed by atoms with Crippen molar-refractivity contribution in [2.24, 2.45) is 11.7 Å². The molecule has 1 unspecified atom stereocenters. The molecule has 2 heterocycles. The van der Waals surface area contributed by atoms with E-state index in [-0.39, 0.29) is 24.7 Å². The highest BCUT2D eigenvalue weighted by molar-refractivity contribution is 6.00. The van der Waals surface area contributed by atoms with Crippen LogP contribution in [0.1, 0.15) is 36.4 Å². The zero-order valence-corrected chi connectivity index (χ0v) is 14.8. The van der Waals surface area contributed by atoms with Crippen LogP contribution in [0, 0.1) is 5.92 Å². The largest absolute Gasteiger partial charge is 0.369 e. The number of hydrogen-bond acceptors (Lipinski definition) is 4. The van der Waals surface area contributed by atoms with Gasteiger partial charge in [-0.3, -0.25) is 19.5 Å². The Kier molecular flexibility index (Phi) is 4.39. The Labute approximate surface area is 156 Å². The van der Waals surface area contributed by atoms with Crippen molar-refractivity contribution in [3.8, 4) is 0 Å². The molecule has 4 N–H and O–H groups in total. The van der Waals surface area contributed by atoms with E-state index in [9.17, 15) is 14.4 Å². The van der Waals surface area contributed by atoms with Gasteiger partial charge in [-0.1, -0.05) is 12.1 Å². The molecule has 140 valence electrons. The number of aromatic amines is 1. The molecule has 1 atom stereocenters. The summed E-state index contributed by atoms with van der Waals surface area (Å²) in [7, 11) is 0. The van der Waals surface area contributed by atoms with Crippen LogP contribution in [-0.4, -0.2) is 34.5 Å². The third-order valence-electron chi connectivity index (χ3n) is 5.02. The van der Waals surface area contributed by atoms with Gasteiger partial charge in [0.1, 0.15) is 0 Å². The van der Waals surface area contributed by atoms with Crippen molar-refractivity contribution >= 4 is 29.2 Å². The normalized spacial score (nSPS) is 19.3. The standard InChI is InChI=1S/C19H21N5O3/c20-19(27)13-8-18(26)24(10-13)14-5-1-11(2-6-14)7-17(25)21-16-9-15(22-23-16)12-3-4-12/h1-2,5-6,9,12-13H,3-4,7-8,10H2,(H2,20,27)(H2,21,22,23,25). The molecule has 2 aromatic rings. The van der Waals surface area contributed by atoms with Crippen molar-refractivity contribution in [2.45, 2.75) is 31.6 Å². The van der Waals surface area contributed by atoms with E-state index in [4.69, 9.17) is 5.73 Å². The van der Waals surface area contributed by atoms with E-state index < -0.39 is 11.8 Å². The summed E-state index contributed by atoms with van der Waals surface area (Å²) in [6, 6.07) is 9.06. The summed E-state index contributed by atoms with van der Waals surface area (Å²) in [6.45, 7) is 0.302. The summed E-state index contributed by atoms with van der Waals surface area (Å²) in [6.07, 6.45) is 2.69. The van der Waals surface area contributed by atoms with Crippen LogP contribution < -0.4 is 16.0 Å². The first-order valence-electron chi connectivity index (χ1n) is 9.03. The number of benzene rings is 1. The van der Waals surface area contributed by atoms with E-state index in [0.29, 0.717) is 24.0 Å². The van der Waals surface area contributed by atoms with E-state index >= 15 is 0 Å². The molecule has 1 saturated carbocycles. The van der Waals surface area contributed by atoms with E-state index in [2.05, 4.69) is 15.5 Å². The molecule has 0 bridgehead atoms. The van der Waals surface area contributed by atoms with E-state index in [1.165, 1.54) is 12.8 Å². The van der Waals surface area contributed by atoms with Gasteiger partial charge in [-0.15, -0.1) is 0 Å². The average Bonchev–Trinajstić information content (AvgIpc) is 3.26. The molecule has 1 aliphatic heterocycles. The third kappa shape index (κ3) is 3.84. The summed E-state index contributed by atoms with van der Waals surface area (Å²) >= 11 is 0. The molecule has 27 heavy (non-hydrogen) atoms. The second-order valence-corrected chi connectivity index (χ2v) is 7.18. The van der Waals surface area contributed by atoms with Gasteiger partial charge in [-0.2, -0.15) is 5.10 Å². The smallest absolute Gasteiger partial charge is 0.229 e. The zero-order chi connectivity index (χ0) is 19.0. The number of hydrogen-bond donors (Lipinski definition) is 3. The van der Waals surface area contributed by atoms with Gasteiger partial charge in [0.05, 0.1) is 12.3 Å². The van der Waals surface area contributed by atoms with Gasteiger partial charge in [0.2, 0.25) is 17.7 Å². The van der Waals surface area contributed by atoms with E-state index in [0.717, 1.165) is 11.3 Å². The Hall–Kier alpha value is -3.16. The fraction of sp³-hybridized carbons (Fsp3) is 0.368. The topological polar surface area (TPSA) is 121 Å². The summed E-state index contributed by atoms with van der Waals surface area (Å²) < 4.78 is 0. The van der Waals surface area contributed by atoms with Crippen molar-refractivity contribution < 1.29 is 14.4 Å². The number of H-pyrrole nitrogens is 1. The molecule has 0 radical (unpaired) electrons. The number of nitrogens with two attached hydrogens (primary N) is 1. The van der Waals surface area contributed by atoms with Crippen LogP contribution in [0.4, 0.5) is 11.5 Å². The number of rotatable bonds is 6. The predicted molar refractivity (Wildman–Crippen MR) is 99.0 cm³/mol. The van der Waals surface area contributed by atoms with E-state index in [1.54, 1.807) is 29.2 Å². The highest BCUT2D eigenvalue weighted by Crippen LogP contribution is 2.39. The van der Waals surface area contributed by atoms with Crippen LogP contribution in [0.2, 0.25) is 0 Å². The number of carbonyl (C=O) groups is 3. The Bertz CT molecular complexity index is 885. The molecule has 2 aliphatic rings. The molecular weight excluding hydrogens is 346 g/mol. The molecule has 1 aliphatic carbocycles. The monoisotopic (exact) mass is 367 g/mol. The van der Waals surface area contributed by atoms with Crippen molar-refractivity contribution in [3.63, 3.8) is 0 Å². The summed E-state index contributed by atoms with van der Waals surface area (Å²) in [5, 5.41) is 9.86. The maximum atomic E-state index is 12.2. The SMILES string of the molecule is NC(=O)C1CC(=O)N(c2ccc(CC(=O)Nc3cc(C4CC4)[nH]n3)cc2)C1. The number of nitrogens with one attached hydrogen (secondary N) is 2. The quantitative estimate of drug-likeness (QED) is 0.712. The average molecular weight is 367 g/mol. The number of carbonyl (C=O) groups excluding carboxylic acids is 3. The highest BCUT2D eigenvalue weighted by atomic mass is 16.2. The van der Waals surface area contributed by atoms with Gasteiger partial charge in [0.25, 0.3) is 0 Å². The Morgan fingerprint density at radius 2 is 2.00 bits per heavy atom. The molecule has 8 nitrogen and oxygen atoms in total. The van der Waals surface area contributed by atoms with Gasteiger partial charge in [0.15, 0.2) is 5.82 Å². The number of aromatic nitrogens is 2. The fourth-order valence-corrected chi connectivity index (χ4v) is 3.32. The molecule has 4 rings (SSSR count). The lowest BCUT2D eigenvalue weighted by molar-refractivity contribution is -0.123. The summed E-state index contributed by atoms with van der Waals surface area (Å²) in [4.78, 5) is 37.1. The van der Waals surface area contributed by atoms with E-state index in [1.807, 2.05) is 6.07 Å². The van der Waals surface area contributed by atoms with Crippen molar-refractivity contribution in [3.05, 3.63) is 41.6 Å². The van der Waals surface area contributed by atoms with Gasteiger partial charge in [-0.05, 0) is 30.5 Å². The molecule has 2 fully saturated rings. The van der Waals surface area contributed by atoms with Crippen LogP contribution in [-0.2, 0) is 20.8 Å². The fourth-order valence-electron chi connectivity index (χ4n) is 3.32. The van der Waals surface area contributed by atoms with Crippen LogP contribution in [0.3, 0.4) is 0 Å². The molecule has 1 aromatic carbocycles. The number of amides is 3. The number of primary amides is 1. The maximum absolute atomic E-state index is 12.2. The third-order valence-corrected chi connectivity index (χ3v) is 5.02. The van der Waals surface area contributed by atoms with Crippen LogP contribution >= 0.6 is 0 Å². The predicted octanol–water partition coefficient (Wildman–Crippen LogP) is 1.31. The number of nitrogens with zero attached hydrogens (tertiary/aromatic N) is 2. The first-order valence-corrected chi connectivity index (χ1v) is 9.03. The lowest BCUT2D eigenvalue weighted by Crippen LogP contribution is -2.28. The first-order chi connectivity index (χ1) is 13.0. The van der Waals surface area contributed by atoms with Crippen LogP contribution in [0.15, 0.2) is 30.3 Å². The minimum Gasteiger partial charge on any atom is -0.369 e. The van der Waals surface area contributed by atoms with Gasteiger partial charge < -0.3 is 16.0 Å². The van der Waals surface area contributed by atoms with Gasteiger partial charge in [-0.25, -0.2) is 0 Å². The second-order valence-electron chi connectivity index (χ2n) is 7.18. The Morgan fingerprint density at radius 3 is 2.63 bits per heavy atom. The maximum Gasteiger partial charge on any atom is 0.229 e. The first kappa shape index (κ1) is 17.3. The summed E-state index contributed by atoms with van der Waals surface area (Å²) in [5.74, 6) is -0.0755. The molecule has 3 amide bonds. The van der Waals surface area contributed by atoms with Crippen molar-refractivity contribution in [1.29, 1.82) is 0 Å². The Balaban J connectivity index is 1.35. The lowest BCUT2D eigenvalue weighted by Gasteiger charge is -2.16. The molecule has 1 aromatic heterocycles. The summed E-state index contributed by atoms with van der Waals surface area (Å²) in [5.41, 5.74) is 7.89. The van der Waals surface area contributed by atoms with Crippen LogP contribution in [0.5, 0.6) is 0 Å².